The number of thiophene rings is 1. The molecule has 2 N–H and O–H groups in total. The van der Waals surface area contributed by atoms with E-state index in [1.165, 1.54) is 23.5 Å². The fourth-order valence-corrected chi connectivity index (χ4v) is 9.43. The van der Waals surface area contributed by atoms with E-state index < -0.39 is 10.0 Å². The van der Waals surface area contributed by atoms with Crippen LogP contribution in [0.25, 0.3) is 0 Å². The molecule has 3 aliphatic rings. The van der Waals surface area contributed by atoms with Gasteiger partial charge in [-0.15, -0.1) is 11.3 Å². The minimum absolute atomic E-state index is 0.0156. The number of rotatable bonds is 5. The van der Waals surface area contributed by atoms with Crippen LogP contribution < -0.4 is 10.6 Å². The van der Waals surface area contributed by atoms with Gasteiger partial charge in [0.2, 0.25) is 10.0 Å². The van der Waals surface area contributed by atoms with E-state index in [4.69, 9.17) is 0 Å². The lowest BCUT2D eigenvalue weighted by Gasteiger charge is -2.42. The molecular formula is C30H42N4O4S2. The normalized spacial score (nSPS) is 22.9. The first kappa shape index (κ1) is 29.2. The van der Waals surface area contributed by atoms with Crippen LogP contribution in [-0.2, 0) is 22.0 Å². The lowest BCUT2D eigenvalue weighted by molar-refractivity contribution is 0.0723. The number of benzene rings is 1. The second kappa shape index (κ2) is 10.9. The summed E-state index contributed by atoms with van der Waals surface area (Å²) in [6.45, 7) is 13.1. The van der Waals surface area contributed by atoms with E-state index in [-0.39, 0.29) is 27.8 Å². The van der Waals surface area contributed by atoms with Crippen LogP contribution >= 0.6 is 11.3 Å². The van der Waals surface area contributed by atoms with Crippen molar-refractivity contribution in [1.82, 2.24) is 14.5 Å². The van der Waals surface area contributed by atoms with Gasteiger partial charge in [0.25, 0.3) is 11.8 Å². The van der Waals surface area contributed by atoms with Crippen molar-refractivity contribution in [2.45, 2.75) is 89.1 Å². The van der Waals surface area contributed by atoms with Gasteiger partial charge in [0.05, 0.1) is 10.5 Å². The van der Waals surface area contributed by atoms with Crippen LogP contribution in [0.5, 0.6) is 0 Å². The Balaban J connectivity index is 1.44. The Morgan fingerprint density at radius 1 is 1.00 bits per heavy atom. The Bertz CT molecular complexity index is 1390. The molecule has 0 aliphatic carbocycles. The second-order valence-corrected chi connectivity index (χ2v) is 15.8. The first-order valence-electron chi connectivity index (χ1n) is 14.4. The quantitative estimate of drug-likeness (QED) is 0.502. The summed E-state index contributed by atoms with van der Waals surface area (Å²) in [5.74, 6) is -0.0390. The number of nitrogens with one attached hydrogen (secondary N) is 2. The van der Waals surface area contributed by atoms with E-state index in [1.807, 2.05) is 4.90 Å². The molecule has 0 radical (unpaired) electrons. The molecule has 2 fully saturated rings. The van der Waals surface area contributed by atoms with Crippen molar-refractivity contribution < 1.29 is 18.0 Å². The molecule has 2 amide bonds. The van der Waals surface area contributed by atoms with E-state index >= 15 is 0 Å². The van der Waals surface area contributed by atoms with E-state index in [0.29, 0.717) is 41.6 Å². The largest absolute Gasteiger partial charge is 0.339 e. The number of likely N-dealkylation sites (tertiary alicyclic amines) is 1. The Morgan fingerprint density at radius 3 is 2.33 bits per heavy atom. The van der Waals surface area contributed by atoms with Gasteiger partial charge in [0.1, 0.15) is 5.00 Å². The third kappa shape index (κ3) is 5.73. The Labute approximate surface area is 242 Å². The molecule has 0 spiro atoms. The Hall–Kier alpha value is -2.27. The summed E-state index contributed by atoms with van der Waals surface area (Å²) in [4.78, 5) is 30.6. The van der Waals surface area contributed by atoms with Crippen LogP contribution in [0, 0.1) is 5.92 Å². The van der Waals surface area contributed by atoms with Gasteiger partial charge in [-0.2, -0.15) is 4.31 Å². The first-order chi connectivity index (χ1) is 18.8. The molecule has 1 unspecified atom stereocenters. The fourth-order valence-electron chi connectivity index (χ4n) is 6.56. The van der Waals surface area contributed by atoms with Gasteiger partial charge in [-0.25, -0.2) is 8.42 Å². The third-order valence-corrected chi connectivity index (χ3v) is 11.7. The maximum Gasteiger partial charge on any atom is 0.257 e. The molecule has 8 nitrogen and oxygen atoms in total. The third-order valence-electron chi connectivity index (χ3n) is 8.30. The number of anilines is 1. The number of nitrogens with zero attached hydrogens (tertiary/aromatic N) is 2. The van der Waals surface area contributed by atoms with Gasteiger partial charge in [-0.1, -0.05) is 6.92 Å². The zero-order chi connectivity index (χ0) is 28.9. The van der Waals surface area contributed by atoms with Gasteiger partial charge in [0, 0.05) is 47.7 Å². The molecule has 2 saturated heterocycles. The Morgan fingerprint density at radius 2 is 1.68 bits per heavy atom. The molecule has 0 bridgehead atoms. The molecule has 0 saturated carbocycles. The van der Waals surface area contributed by atoms with Crippen molar-refractivity contribution in [3.8, 4) is 0 Å². The molecule has 1 aromatic carbocycles. The van der Waals surface area contributed by atoms with E-state index in [1.54, 1.807) is 16.4 Å². The highest BCUT2D eigenvalue weighted by molar-refractivity contribution is 7.89. The van der Waals surface area contributed by atoms with Crippen molar-refractivity contribution in [2.75, 3.05) is 31.5 Å². The molecule has 218 valence electrons. The molecule has 40 heavy (non-hydrogen) atoms. The van der Waals surface area contributed by atoms with Crippen LogP contribution in [0.2, 0.25) is 0 Å². The van der Waals surface area contributed by atoms with Crippen LogP contribution in [0.3, 0.4) is 0 Å². The van der Waals surface area contributed by atoms with Crippen molar-refractivity contribution >= 4 is 38.2 Å². The molecule has 10 heteroatoms. The van der Waals surface area contributed by atoms with Gasteiger partial charge in [-0.3, -0.25) is 9.59 Å². The standard InChI is InChI=1S/C30H42N4O4S2/c1-20-10-9-17-34(19-20)40(37,38)22-13-11-21(12-14-22)26(35)31-27-24(28(36)33-15-7-6-8-16-33)23-18-29(2,3)32-30(4,5)25(23)39-27/h11-14,20,32H,6-10,15-19H2,1-5H3,(H,31,35). The maximum atomic E-state index is 13.9. The number of hydrogen-bond donors (Lipinski definition) is 2. The molecule has 1 aromatic heterocycles. The highest BCUT2D eigenvalue weighted by atomic mass is 32.2. The average molecular weight is 587 g/mol. The number of fused-ring (bicyclic) bond motifs is 1. The number of carbonyl (C=O) groups excluding carboxylic acids is 2. The summed E-state index contributed by atoms with van der Waals surface area (Å²) in [6.07, 6.45) is 5.68. The van der Waals surface area contributed by atoms with E-state index in [9.17, 15) is 18.0 Å². The molecular weight excluding hydrogens is 544 g/mol. The molecule has 1 atom stereocenters. The Kier molecular flexibility index (Phi) is 7.93. The van der Waals surface area contributed by atoms with Crippen molar-refractivity contribution in [2.24, 2.45) is 5.92 Å². The molecule has 3 aliphatic heterocycles. The topological polar surface area (TPSA) is 98.8 Å². The predicted octanol–water partition coefficient (Wildman–Crippen LogP) is 5.21. The van der Waals surface area contributed by atoms with Gasteiger partial charge >= 0.3 is 0 Å². The summed E-state index contributed by atoms with van der Waals surface area (Å²) >= 11 is 1.47. The molecule has 4 heterocycles. The van der Waals surface area contributed by atoms with Gasteiger partial charge in [-0.05, 0) is 102 Å². The second-order valence-electron chi connectivity index (χ2n) is 12.9. The molecule has 2 aromatic rings. The van der Waals surface area contributed by atoms with Gasteiger partial charge < -0.3 is 15.5 Å². The maximum absolute atomic E-state index is 13.9. The smallest absolute Gasteiger partial charge is 0.257 e. The highest BCUT2D eigenvalue weighted by Crippen LogP contribution is 2.45. The van der Waals surface area contributed by atoms with Crippen LogP contribution in [-0.4, -0.2) is 61.2 Å². The van der Waals surface area contributed by atoms with Crippen molar-refractivity contribution in [3.05, 3.63) is 45.8 Å². The van der Waals surface area contributed by atoms with Gasteiger partial charge in [0.15, 0.2) is 0 Å². The minimum atomic E-state index is -3.61. The SMILES string of the molecule is CC1CCCN(S(=O)(=O)c2ccc(C(=O)Nc3sc4c(c3C(=O)N3CCCCC3)CC(C)(C)NC4(C)C)cc2)C1. The summed E-state index contributed by atoms with van der Waals surface area (Å²) in [7, 11) is -3.61. The summed E-state index contributed by atoms with van der Waals surface area (Å²) < 4.78 is 27.9. The average Bonchev–Trinajstić information content (AvgIpc) is 3.25. The lowest BCUT2D eigenvalue weighted by atomic mass is 9.81. The van der Waals surface area contributed by atoms with E-state index in [0.717, 1.165) is 55.6 Å². The van der Waals surface area contributed by atoms with Crippen LogP contribution in [0.1, 0.15) is 97.9 Å². The van der Waals surface area contributed by atoms with Crippen molar-refractivity contribution in [3.63, 3.8) is 0 Å². The van der Waals surface area contributed by atoms with E-state index in [2.05, 4.69) is 45.3 Å². The zero-order valence-electron chi connectivity index (χ0n) is 24.3. The number of amides is 2. The fraction of sp³-hybridized carbons (Fsp3) is 0.600. The number of piperidine rings is 2. The van der Waals surface area contributed by atoms with Crippen LogP contribution in [0.15, 0.2) is 29.2 Å². The minimum Gasteiger partial charge on any atom is -0.339 e. The van der Waals surface area contributed by atoms with Crippen molar-refractivity contribution in [1.29, 1.82) is 0 Å². The molecule has 5 rings (SSSR count). The predicted molar refractivity (Wildman–Crippen MR) is 160 cm³/mol. The first-order valence-corrected chi connectivity index (χ1v) is 16.7. The summed E-state index contributed by atoms with van der Waals surface area (Å²) in [5, 5.41) is 7.30. The number of carbonyl (C=O) groups is 2. The number of sulfonamides is 1. The number of hydrogen-bond acceptors (Lipinski definition) is 6. The highest BCUT2D eigenvalue weighted by Gasteiger charge is 2.42. The summed E-state index contributed by atoms with van der Waals surface area (Å²) in [5.41, 5.74) is 1.41. The lowest BCUT2D eigenvalue weighted by Crippen LogP contribution is -2.55. The monoisotopic (exact) mass is 586 g/mol. The zero-order valence-corrected chi connectivity index (χ0v) is 25.9. The van der Waals surface area contributed by atoms with Crippen LogP contribution in [0.4, 0.5) is 5.00 Å². The summed E-state index contributed by atoms with van der Waals surface area (Å²) in [6, 6.07) is 6.14.